The zero-order valence-electron chi connectivity index (χ0n) is 15.9. The highest BCUT2D eigenvalue weighted by atomic mass is 35.5. The lowest BCUT2D eigenvalue weighted by Gasteiger charge is -2.24. The Kier molecular flexibility index (Phi) is 8.28. The van der Waals surface area contributed by atoms with Crippen LogP contribution in [0.15, 0.2) is 24.3 Å². The molecule has 1 aromatic carbocycles. The average Bonchev–Trinajstić information content (AvgIpc) is 2.95. The van der Waals surface area contributed by atoms with Gasteiger partial charge in [-0.2, -0.15) is 13.2 Å². The zero-order valence-corrected chi connectivity index (χ0v) is 16.7. The number of anilines is 1. The van der Waals surface area contributed by atoms with E-state index in [4.69, 9.17) is 5.73 Å². The lowest BCUT2D eigenvalue weighted by atomic mass is 9.90. The largest absolute Gasteiger partial charge is 0.418 e. The van der Waals surface area contributed by atoms with Crippen molar-refractivity contribution in [3.63, 3.8) is 0 Å². The molecule has 2 amide bonds. The predicted octanol–water partition coefficient (Wildman–Crippen LogP) is 2.19. The number of alkyl halides is 3. The Hall–Kier alpha value is -1.84. The first-order valence-electron chi connectivity index (χ1n) is 8.66. The summed E-state index contributed by atoms with van der Waals surface area (Å²) in [7, 11) is 1.45. The quantitative estimate of drug-likeness (QED) is 0.736. The molecule has 1 saturated heterocycles. The van der Waals surface area contributed by atoms with Crippen LogP contribution in [-0.2, 0) is 15.8 Å². The van der Waals surface area contributed by atoms with Gasteiger partial charge in [0, 0.05) is 13.6 Å². The molecule has 2 rings (SSSR count). The molecule has 0 bridgehead atoms. The van der Waals surface area contributed by atoms with Crippen LogP contribution in [0, 0.1) is 5.41 Å². The molecule has 0 aromatic heterocycles. The summed E-state index contributed by atoms with van der Waals surface area (Å²) in [6.45, 7) is 3.87. The number of para-hydroxylation sites is 1. The van der Waals surface area contributed by atoms with Crippen LogP contribution in [0.1, 0.15) is 18.9 Å². The van der Waals surface area contributed by atoms with Crippen LogP contribution in [0.5, 0.6) is 0 Å². The number of halogens is 4. The van der Waals surface area contributed by atoms with Gasteiger partial charge in [-0.25, -0.2) is 0 Å². The minimum Gasteiger partial charge on any atom is -0.335 e. The first-order valence-corrected chi connectivity index (χ1v) is 8.66. The number of rotatable bonds is 6. The summed E-state index contributed by atoms with van der Waals surface area (Å²) in [6.07, 6.45) is -3.67. The summed E-state index contributed by atoms with van der Waals surface area (Å²) < 4.78 is 38.9. The van der Waals surface area contributed by atoms with E-state index >= 15 is 0 Å². The molecule has 1 aliphatic heterocycles. The number of benzene rings is 1. The number of hydrogen-bond donors (Lipinski definition) is 2. The van der Waals surface area contributed by atoms with Crippen LogP contribution >= 0.6 is 12.4 Å². The molecule has 1 fully saturated rings. The number of carbonyl (C=O) groups excluding carboxylic acids is 2. The Bertz CT molecular complexity index is 702. The number of hydrogen-bond acceptors (Lipinski definition) is 4. The number of amides is 2. The van der Waals surface area contributed by atoms with E-state index in [1.807, 2.05) is 4.90 Å². The van der Waals surface area contributed by atoms with Crippen molar-refractivity contribution in [1.29, 1.82) is 0 Å². The number of likely N-dealkylation sites (N-methyl/N-ethyl adjacent to an activating group) is 1. The van der Waals surface area contributed by atoms with Crippen molar-refractivity contribution in [1.82, 2.24) is 9.80 Å². The van der Waals surface area contributed by atoms with E-state index in [-0.39, 0.29) is 42.5 Å². The maximum absolute atomic E-state index is 13.0. The normalized spacial score (nSPS) is 19.8. The Balaban J connectivity index is 0.00000392. The van der Waals surface area contributed by atoms with Crippen molar-refractivity contribution in [3.8, 4) is 0 Å². The zero-order chi connectivity index (χ0) is 20.2. The fraction of sp³-hybridized carbons (Fsp3) is 0.556. The van der Waals surface area contributed by atoms with Gasteiger partial charge in [0.2, 0.25) is 11.8 Å². The van der Waals surface area contributed by atoms with Gasteiger partial charge in [0.15, 0.2) is 0 Å². The minimum absolute atomic E-state index is 0. The molecule has 158 valence electrons. The molecule has 0 spiro atoms. The van der Waals surface area contributed by atoms with Crippen LogP contribution in [0.3, 0.4) is 0 Å². The Morgan fingerprint density at radius 2 is 1.96 bits per heavy atom. The third kappa shape index (κ3) is 6.35. The highest BCUT2D eigenvalue weighted by Gasteiger charge is 2.35. The topological polar surface area (TPSA) is 78.7 Å². The Labute approximate surface area is 168 Å². The minimum atomic E-state index is -4.57. The highest BCUT2D eigenvalue weighted by molar-refractivity contribution is 5.95. The predicted molar refractivity (Wildman–Crippen MR) is 103 cm³/mol. The summed E-state index contributed by atoms with van der Waals surface area (Å²) in [6, 6.07) is 4.73. The molecule has 28 heavy (non-hydrogen) atoms. The number of nitrogens with one attached hydrogen (secondary N) is 1. The van der Waals surface area contributed by atoms with Crippen molar-refractivity contribution < 1.29 is 22.8 Å². The van der Waals surface area contributed by atoms with Crippen molar-refractivity contribution in [3.05, 3.63) is 29.8 Å². The maximum Gasteiger partial charge on any atom is 0.418 e. The van der Waals surface area contributed by atoms with Gasteiger partial charge < -0.3 is 16.0 Å². The van der Waals surface area contributed by atoms with E-state index in [2.05, 4.69) is 12.2 Å². The molecule has 3 N–H and O–H groups in total. The molecule has 1 heterocycles. The van der Waals surface area contributed by atoms with Crippen molar-refractivity contribution >= 4 is 29.9 Å². The Morgan fingerprint density at radius 3 is 2.54 bits per heavy atom. The van der Waals surface area contributed by atoms with Crippen LogP contribution in [0.25, 0.3) is 0 Å². The lowest BCUT2D eigenvalue weighted by molar-refractivity contribution is -0.137. The second-order valence-corrected chi connectivity index (χ2v) is 7.32. The molecule has 1 atom stereocenters. The van der Waals surface area contributed by atoms with E-state index in [1.165, 1.54) is 30.1 Å². The summed E-state index contributed by atoms with van der Waals surface area (Å²) in [4.78, 5) is 27.6. The number of likely N-dealkylation sites (tertiary alicyclic amines) is 1. The van der Waals surface area contributed by atoms with Crippen molar-refractivity contribution in [2.75, 3.05) is 45.1 Å². The molecule has 6 nitrogen and oxygen atoms in total. The van der Waals surface area contributed by atoms with E-state index in [0.29, 0.717) is 13.1 Å². The summed E-state index contributed by atoms with van der Waals surface area (Å²) in [5.74, 6) is -0.953. The van der Waals surface area contributed by atoms with E-state index < -0.39 is 17.6 Å². The Morgan fingerprint density at radius 1 is 1.32 bits per heavy atom. The first-order chi connectivity index (χ1) is 12.5. The molecule has 1 unspecified atom stereocenters. The fourth-order valence-corrected chi connectivity index (χ4v) is 3.07. The second-order valence-electron chi connectivity index (χ2n) is 7.32. The second kappa shape index (κ2) is 9.58. The molecular formula is C18H26ClF3N4O2. The third-order valence-electron chi connectivity index (χ3n) is 4.80. The molecular weight excluding hydrogens is 397 g/mol. The fourth-order valence-electron chi connectivity index (χ4n) is 3.07. The smallest absolute Gasteiger partial charge is 0.335 e. The van der Waals surface area contributed by atoms with E-state index in [1.54, 1.807) is 0 Å². The van der Waals surface area contributed by atoms with Crippen molar-refractivity contribution in [2.24, 2.45) is 11.1 Å². The summed E-state index contributed by atoms with van der Waals surface area (Å²) in [5.41, 5.74) is 4.48. The van der Waals surface area contributed by atoms with Gasteiger partial charge in [-0.05, 0) is 37.1 Å². The molecule has 10 heteroatoms. The maximum atomic E-state index is 13.0. The molecule has 0 radical (unpaired) electrons. The third-order valence-corrected chi connectivity index (χ3v) is 4.80. The first kappa shape index (κ1) is 24.2. The van der Waals surface area contributed by atoms with Gasteiger partial charge in [0.1, 0.15) is 0 Å². The number of nitrogens with zero attached hydrogens (tertiary/aromatic N) is 2. The SMILES string of the molecule is CN(CC(=O)Nc1ccccc1C(F)(F)F)C(=O)CN1CCC(C)(CN)C1.Cl. The van der Waals surface area contributed by atoms with E-state index in [0.717, 1.165) is 19.0 Å². The summed E-state index contributed by atoms with van der Waals surface area (Å²) >= 11 is 0. The molecule has 0 saturated carbocycles. The van der Waals surface area contributed by atoms with Crippen LogP contribution in [0.2, 0.25) is 0 Å². The van der Waals surface area contributed by atoms with Crippen LogP contribution < -0.4 is 11.1 Å². The average molecular weight is 423 g/mol. The van der Waals surface area contributed by atoms with Crippen LogP contribution in [-0.4, -0.2) is 61.4 Å². The van der Waals surface area contributed by atoms with Gasteiger partial charge in [0.05, 0.1) is 24.3 Å². The standard InChI is InChI=1S/C18H25F3N4O2.ClH/c1-17(11-22)7-8-25(12-17)10-16(27)24(2)9-15(26)23-14-6-4-3-5-13(14)18(19,20)21;/h3-6H,7-12,22H2,1-2H3,(H,23,26);1H. The monoisotopic (exact) mass is 422 g/mol. The van der Waals surface area contributed by atoms with Gasteiger partial charge in [-0.1, -0.05) is 19.1 Å². The summed E-state index contributed by atoms with van der Waals surface area (Å²) in [5, 5.41) is 2.24. The lowest BCUT2D eigenvalue weighted by Crippen LogP contribution is -2.42. The number of carbonyl (C=O) groups is 2. The molecule has 0 aliphatic carbocycles. The van der Waals surface area contributed by atoms with E-state index in [9.17, 15) is 22.8 Å². The number of nitrogens with two attached hydrogens (primary N) is 1. The molecule has 1 aliphatic rings. The molecule has 1 aromatic rings. The van der Waals surface area contributed by atoms with Gasteiger partial charge in [0.25, 0.3) is 0 Å². The van der Waals surface area contributed by atoms with Crippen molar-refractivity contribution in [2.45, 2.75) is 19.5 Å². The van der Waals surface area contributed by atoms with Gasteiger partial charge in [-0.15, -0.1) is 12.4 Å². The highest BCUT2D eigenvalue weighted by Crippen LogP contribution is 2.34. The van der Waals surface area contributed by atoms with Gasteiger partial charge >= 0.3 is 6.18 Å². The van der Waals surface area contributed by atoms with Crippen LogP contribution in [0.4, 0.5) is 18.9 Å². The van der Waals surface area contributed by atoms with Gasteiger partial charge in [-0.3, -0.25) is 14.5 Å².